The maximum atomic E-state index is 5.14. The third-order valence-corrected chi connectivity index (χ3v) is 2.86. The Morgan fingerprint density at radius 3 is 2.82 bits per heavy atom. The minimum atomic E-state index is 0.263. The van der Waals surface area contributed by atoms with E-state index in [9.17, 15) is 0 Å². The topological polar surface area (TPSA) is 47.0 Å². The van der Waals surface area contributed by atoms with Crippen molar-refractivity contribution in [2.24, 2.45) is 5.92 Å². The number of nitrogens with zero attached hydrogens (tertiary/aromatic N) is 2. The van der Waals surface area contributed by atoms with Crippen LogP contribution in [-0.2, 0) is 4.74 Å². The minimum absolute atomic E-state index is 0.263. The van der Waals surface area contributed by atoms with Gasteiger partial charge >= 0.3 is 0 Å². The lowest BCUT2D eigenvalue weighted by Crippen LogP contribution is -2.29. The molecule has 1 aromatic rings. The molecule has 2 atom stereocenters. The molecule has 0 aliphatic rings. The van der Waals surface area contributed by atoms with Gasteiger partial charge in [0.2, 0.25) is 0 Å². The van der Waals surface area contributed by atoms with Crippen molar-refractivity contribution in [3.63, 3.8) is 0 Å². The van der Waals surface area contributed by atoms with Gasteiger partial charge in [0, 0.05) is 32.3 Å². The van der Waals surface area contributed by atoms with Crippen molar-refractivity contribution in [2.75, 3.05) is 20.3 Å². The summed E-state index contributed by atoms with van der Waals surface area (Å²) >= 11 is 0. The van der Waals surface area contributed by atoms with Crippen LogP contribution in [0.15, 0.2) is 18.6 Å². The Morgan fingerprint density at radius 1 is 1.41 bits per heavy atom. The molecule has 0 aromatic carbocycles. The Hall–Kier alpha value is -1.00. The van der Waals surface area contributed by atoms with Crippen molar-refractivity contribution in [3.05, 3.63) is 24.3 Å². The monoisotopic (exact) mass is 237 g/mol. The zero-order chi connectivity index (χ0) is 12.5. The second-order valence-electron chi connectivity index (χ2n) is 4.32. The molecule has 0 amide bonds. The first-order valence-corrected chi connectivity index (χ1v) is 6.27. The Balaban J connectivity index is 2.66. The first kappa shape index (κ1) is 14.1. The molecular formula is C13H23N3O. The molecule has 0 saturated carbocycles. The van der Waals surface area contributed by atoms with E-state index in [1.54, 1.807) is 19.5 Å². The number of hydrogen-bond donors (Lipinski definition) is 1. The molecule has 2 unspecified atom stereocenters. The lowest BCUT2D eigenvalue weighted by Gasteiger charge is -2.24. The fraction of sp³-hybridized carbons (Fsp3) is 0.692. The van der Waals surface area contributed by atoms with E-state index in [0.29, 0.717) is 5.92 Å². The van der Waals surface area contributed by atoms with Crippen LogP contribution in [0.3, 0.4) is 0 Å². The van der Waals surface area contributed by atoms with Crippen molar-refractivity contribution in [3.8, 4) is 0 Å². The molecule has 1 N–H and O–H groups in total. The predicted molar refractivity (Wildman–Crippen MR) is 68.7 cm³/mol. The van der Waals surface area contributed by atoms with E-state index in [-0.39, 0.29) is 6.04 Å². The molecule has 1 heterocycles. The fourth-order valence-corrected chi connectivity index (χ4v) is 1.84. The molecule has 4 heteroatoms. The highest BCUT2D eigenvalue weighted by molar-refractivity contribution is 5.03. The Morgan fingerprint density at radius 2 is 2.24 bits per heavy atom. The van der Waals surface area contributed by atoms with Crippen molar-refractivity contribution in [2.45, 2.75) is 32.7 Å². The fourth-order valence-electron chi connectivity index (χ4n) is 1.84. The quantitative estimate of drug-likeness (QED) is 0.753. The Bertz CT molecular complexity index is 292. The third-order valence-electron chi connectivity index (χ3n) is 2.86. The third kappa shape index (κ3) is 4.79. The standard InChI is InChI=1S/C13H23N3O/c1-4-6-16-13(11(2)5-9-17-3)12-10-14-7-8-15-12/h7-8,10-11,13,16H,4-6,9H2,1-3H3. The maximum absolute atomic E-state index is 5.14. The van der Waals surface area contributed by atoms with Crippen LogP contribution in [0, 0.1) is 5.92 Å². The van der Waals surface area contributed by atoms with Gasteiger partial charge in [0.25, 0.3) is 0 Å². The zero-order valence-corrected chi connectivity index (χ0v) is 11.0. The first-order valence-electron chi connectivity index (χ1n) is 6.27. The molecule has 1 rings (SSSR count). The van der Waals surface area contributed by atoms with Crippen LogP contribution in [0.2, 0.25) is 0 Å². The van der Waals surface area contributed by atoms with E-state index in [1.165, 1.54) is 0 Å². The van der Waals surface area contributed by atoms with Gasteiger partial charge in [0.1, 0.15) is 0 Å². The van der Waals surface area contributed by atoms with Crippen LogP contribution in [0.4, 0.5) is 0 Å². The van der Waals surface area contributed by atoms with Gasteiger partial charge in [0.15, 0.2) is 0 Å². The summed E-state index contributed by atoms with van der Waals surface area (Å²) in [7, 11) is 1.74. The van der Waals surface area contributed by atoms with Crippen LogP contribution in [0.5, 0.6) is 0 Å². The molecule has 4 nitrogen and oxygen atoms in total. The predicted octanol–water partition coefficient (Wildman–Crippen LogP) is 2.19. The molecule has 0 fully saturated rings. The van der Waals surface area contributed by atoms with Crippen LogP contribution in [-0.4, -0.2) is 30.2 Å². The molecule has 17 heavy (non-hydrogen) atoms. The summed E-state index contributed by atoms with van der Waals surface area (Å²) in [6.45, 7) is 6.17. The summed E-state index contributed by atoms with van der Waals surface area (Å²) in [4.78, 5) is 8.54. The molecule has 96 valence electrons. The Labute approximate surface area is 104 Å². The second-order valence-corrected chi connectivity index (χ2v) is 4.32. The Kier molecular flexibility index (Phi) is 6.74. The summed E-state index contributed by atoms with van der Waals surface area (Å²) < 4.78 is 5.14. The number of hydrogen-bond acceptors (Lipinski definition) is 4. The molecule has 0 saturated heterocycles. The average Bonchev–Trinajstić information content (AvgIpc) is 2.38. The van der Waals surface area contributed by atoms with E-state index in [1.807, 2.05) is 6.20 Å². The van der Waals surface area contributed by atoms with Crippen molar-refractivity contribution in [1.82, 2.24) is 15.3 Å². The number of nitrogens with one attached hydrogen (secondary N) is 1. The highest BCUT2D eigenvalue weighted by Gasteiger charge is 2.19. The van der Waals surface area contributed by atoms with Gasteiger partial charge in [-0.2, -0.15) is 0 Å². The molecule has 0 aliphatic carbocycles. The molecule has 0 aliphatic heterocycles. The van der Waals surface area contributed by atoms with Gasteiger partial charge < -0.3 is 10.1 Å². The van der Waals surface area contributed by atoms with Crippen LogP contribution >= 0.6 is 0 Å². The van der Waals surface area contributed by atoms with Gasteiger partial charge in [0.05, 0.1) is 11.7 Å². The van der Waals surface area contributed by atoms with E-state index >= 15 is 0 Å². The number of rotatable bonds is 8. The van der Waals surface area contributed by atoms with E-state index in [2.05, 4.69) is 29.1 Å². The summed E-state index contributed by atoms with van der Waals surface area (Å²) in [5.74, 6) is 0.484. The lowest BCUT2D eigenvalue weighted by atomic mass is 9.96. The zero-order valence-electron chi connectivity index (χ0n) is 11.0. The number of ether oxygens (including phenoxy) is 1. The molecule has 0 bridgehead atoms. The maximum Gasteiger partial charge on any atom is 0.0758 e. The van der Waals surface area contributed by atoms with Gasteiger partial charge in [-0.25, -0.2) is 0 Å². The summed E-state index contributed by atoms with van der Waals surface area (Å²) in [6.07, 6.45) is 7.44. The SMILES string of the molecule is CCCNC(c1cnccn1)C(C)CCOC. The molecule has 0 radical (unpaired) electrons. The van der Waals surface area contributed by atoms with Crippen molar-refractivity contribution >= 4 is 0 Å². The second kappa shape index (κ2) is 8.14. The smallest absolute Gasteiger partial charge is 0.0758 e. The lowest BCUT2D eigenvalue weighted by molar-refractivity contribution is 0.169. The van der Waals surface area contributed by atoms with Crippen LogP contribution in [0.1, 0.15) is 38.4 Å². The van der Waals surface area contributed by atoms with Gasteiger partial charge in [-0.15, -0.1) is 0 Å². The van der Waals surface area contributed by atoms with Gasteiger partial charge in [-0.3, -0.25) is 9.97 Å². The molecule has 0 spiro atoms. The van der Waals surface area contributed by atoms with Crippen LogP contribution < -0.4 is 5.32 Å². The minimum Gasteiger partial charge on any atom is -0.385 e. The van der Waals surface area contributed by atoms with E-state index < -0.39 is 0 Å². The van der Waals surface area contributed by atoms with Crippen molar-refractivity contribution < 1.29 is 4.74 Å². The van der Waals surface area contributed by atoms with Crippen molar-refractivity contribution in [1.29, 1.82) is 0 Å². The van der Waals surface area contributed by atoms with E-state index in [0.717, 1.165) is 31.7 Å². The normalized spacial score (nSPS) is 14.5. The highest BCUT2D eigenvalue weighted by atomic mass is 16.5. The van der Waals surface area contributed by atoms with Gasteiger partial charge in [-0.05, 0) is 25.3 Å². The number of aromatic nitrogens is 2. The van der Waals surface area contributed by atoms with Gasteiger partial charge in [-0.1, -0.05) is 13.8 Å². The summed E-state index contributed by atoms with van der Waals surface area (Å²) in [5.41, 5.74) is 1.02. The average molecular weight is 237 g/mol. The largest absolute Gasteiger partial charge is 0.385 e. The first-order chi connectivity index (χ1) is 8.29. The molecule has 1 aromatic heterocycles. The summed E-state index contributed by atoms with van der Waals surface area (Å²) in [5, 5.41) is 3.54. The highest BCUT2D eigenvalue weighted by Crippen LogP contribution is 2.22. The van der Waals surface area contributed by atoms with E-state index in [4.69, 9.17) is 4.74 Å². The molecular weight excluding hydrogens is 214 g/mol. The number of methoxy groups -OCH3 is 1. The summed E-state index contributed by atoms with van der Waals surface area (Å²) in [6, 6.07) is 0.263. The van der Waals surface area contributed by atoms with Crippen LogP contribution in [0.25, 0.3) is 0 Å².